The van der Waals surface area contributed by atoms with Crippen LogP contribution in [-0.4, -0.2) is 35.8 Å². The lowest BCUT2D eigenvalue weighted by atomic mass is 10.1. The number of carbonyl (C=O) groups excluding carboxylic acids is 2. The topological polar surface area (TPSA) is 112 Å². The molecule has 0 spiro atoms. The molecule has 7 heteroatoms. The van der Waals surface area contributed by atoms with Gasteiger partial charge in [0.05, 0.1) is 12.0 Å². The van der Waals surface area contributed by atoms with Crippen LogP contribution >= 0.6 is 0 Å². The van der Waals surface area contributed by atoms with Gasteiger partial charge in [-0.25, -0.2) is 0 Å². The van der Waals surface area contributed by atoms with Crippen molar-refractivity contribution in [3.63, 3.8) is 0 Å². The minimum atomic E-state index is -0.429. The Bertz CT molecular complexity index is 644. The number of amides is 2. The Labute approximate surface area is 129 Å². The molecule has 1 aromatic heterocycles. The summed E-state index contributed by atoms with van der Waals surface area (Å²) in [6.07, 6.45) is 0.662. The summed E-state index contributed by atoms with van der Waals surface area (Å²) in [5, 5.41) is 11.8. The van der Waals surface area contributed by atoms with Gasteiger partial charge in [0.25, 0.3) is 0 Å². The van der Waals surface area contributed by atoms with E-state index < -0.39 is 6.04 Å². The second-order valence-corrected chi connectivity index (χ2v) is 5.65. The zero-order valence-electron chi connectivity index (χ0n) is 13.0. The fourth-order valence-electron chi connectivity index (χ4n) is 2.60. The first-order valence-electron chi connectivity index (χ1n) is 7.19. The molecule has 1 fully saturated rings. The third-order valence-electron chi connectivity index (χ3n) is 4.28. The molecule has 118 valence electrons. The van der Waals surface area contributed by atoms with Crippen molar-refractivity contribution in [2.24, 2.45) is 11.7 Å². The molecule has 22 heavy (non-hydrogen) atoms. The first kappa shape index (κ1) is 16.0. The second-order valence-electron chi connectivity index (χ2n) is 5.65. The van der Waals surface area contributed by atoms with Gasteiger partial charge in [0.15, 0.2) is 0 Å². The van der Waals surface area contributed by atoms with E-state index in [0.29, 0.717) is 30.8 Å². The SMILES string of the molecule is Cc1oc(NC(=O)C(C)N2CCC(C(N)=O)C2)c(C#N)c1C. The lowest BCUT2D eigenvalue weighted by Crippen LogP contribution is -2.41. The summed E-state index contributed by atoms with van der Waals surface area (Å²) in [6, 6.07) is 1.61. The van der Waals surface area contributed by atoms with Crippen LogP contribution in [0.3, 0.4) is 0 Å². The van der Waals surface area contributed by atoms with Crippen molar-refractivity contribution in [1.29, 1.82) is 5.26 Å². The van der Waals surface area contributed by atoms with Gasteiger partial charge < -0.3 is 10.2 Å². The number of carbonyl (C=O) groups is 2. The third kappa shape index (κ3) is 2.97. The third-order valence-corrected chi connectivity index (χ3v) is 4.28. The normalized spacial score (nSPS) is 19.6. The summed E-state index contributed by atoms with van der Waals surface area (Å²) < 4.78 is 5.43. The van der Waals surface area contributed by atoms with Crippen molar-refractivity contribution in [3.8, 4) is 6.07 Å². The van der Waals surface area contributed by atoms with Crippen LogP contribution in [-0.2, 0) is 9.59 Å². The van der Waals surface area contributed by atoms with E-state index in [1.807, 2.05) is 11.0 Å². The summed E-state index contributed by atoms with van der Waals surface area (Å²) in [5.74, 6) is -0.0259. The number of aryl methyl sites for hydroxylation is 1. The van der Waals surface area contributed by atoms with Gasteiger partial charge in [-0.1, -0.05) is 0 Å². The van der Waals surface area contributed by atoms with Crippen molar-refractivity contribution in [1.82, 2.24) is 4.90 Å². The molecule has 2 rings (SSSR count). The van der Waals surface area contributed by atoms with Gasteiger partial charge in [0.2, 0.25) is 17.7 Å². The first-order chi connectivity index (χ1) is 10.3. The van der Waals surface area contributed by atoms with E-state index in [4.69, 9.17) is 15.4 Å². The number of furan rings is 1. The predicted molar refractivity (Wildman–Crippen MR) is 79.9 cm³/mol. The lowest BCUT2D eigenvalue weighted by molar-refractivity contribution is -0.123. The highest BCUT2D eigenvalue weighted by Crippen LogP contribution is 2.26. The smallest absolute Gasteiger partial charge is 0.243 e. The maximum absolute atomic E-state index is 12.3. The molecular formula is C15H20N4O3. The molecule has 1 aliphatic heterocycles. The summed E-state index contributed by atoms with van der Waals surface area (Å²) in [6.45, 7) is 6.39. The lowest BCUT2D eigenvalue weighted by Gasteiger charge is -2.22. The number of likely N-dealkylation sites (tertiary alicyclic amines) is 1. The monoisotopic (exact) mass is 304 g/mol. The molecule has 2 heterocycles. The molecule has 1 aromatic rings. The van der Waals surface area contributed by atoms with Crippen LogP contribution in [0.4, 0.5) is 5.88 Å². The molecule has 2 unspecified atom stereocenters. The molecule has 0 saturated carbocycles. The molecular weight excluding hydrogens is 284 g/mol. The molecule has 0 radical (unpaired) electrons. The Morgan fingerprint density at radius 3 is 2.73 bits per heavy atom. The molecule has 2 amide bonds. The molecule has 0 aromatic carbocycles. The number of hydrogen-bond acceptors (Lipinski definition) is 5. The number of nitrogens with zero attached hydrogens (tertiary/aromatic N) is 2. The summed E-state index contributed by atoms with van der Waals surface area (Å²) in [4.78, 5) is 25.4. The summed E-state index contributed by atoms with van der Waals surface area (Å²) in [5.41, 5.74) is 6.36. The fourth-order valence-corrected chi connectivity index (χ4v) is 2.60. The van der Waals surface area contributed by atoms with Gasteiger partial charge in [-0.3, -0.25) is 19.8 Å². The molecule has 3 N–H and O–H groups in total. The Balaban J connectivity index is 2.05. The van der Waals surface area contributed by atoms with Crippen LogP contribution in [0.2, 0.25) is 0 Å². The van der Waals surface area contributed by atoms with Crippen molar-refractivity contribution in [2.45, 2.75) is 33.2 Å². The highest BCUT2D eigenvalue weighted by atomic mass is 16.4. The average Bonchev–Trinajstić information content (AvgIpc) is 3.05. The van der Waals surface area contributed by atoms with E-state index in [-0.39, 0.29) is 23.6 Å². The van der Waals surface area contributed by atoms with Crippen molar-refractivity contribution in [2.75, 3.05) is 18.4 Å². The Kier molecular flexibility index (Phi) is 4.52. The van der Waals surface area contributed by atoms with E-state index in [0.717, 1.165) is 5.56 Å². The van der Waals surface area contributed by atoms with Crippen LogP contribution in [0.25, 0.3) is 0 Å². The minimum Gasteiger partial charge on any atom is -0.444 e. The van der Waals surface area contributed by atoms with Crippen molar-refractivity contribution in [3.05, 3.63) is 16.9 Å². The quantitative estimate of drug-likeness (QED) is 0.858. The molecule has 1 saturated heterocycles. The fraction of sp³-hybridized carbons (Fsp3) is 0.533. The predicted octanol–water partition coefficient (Wildman–Crippen LogP) is 0.902. The van der Waals surface area contributed by atoms with E-state index in [9.17, 15) is 9.59 Å². The van der Waals surface area contributed by atoms with Crippen molar-refractivity contribution < 1.29 is 14.0 Å². The molecule has 7 nitrogen and oxygen atoms in total. The number of rotatable bonds is 4. The van der Waals surface area contributed by atoms with Crippen LogP contribution < -0.4 is 11.1 Å². The molecule has 0 aliphatic carbocycles. The van der Waals surface area contributed by atoms with Gasteiger partial charge in [-0.05, 0) is 33.7 Å². The second kappa shape index (κ2) is 6.20. The number of nitrogens with one attached hydrogen (secondary N) is 1. The maximum atomic E-state index is 12.3. The highest BCUT2D eigenvalue weighted by Gasteiger charge is 2.32. The largest absolute Gasteiger partial charge is 0.444 e. The zero-order chi connectivity index (χ0) is 16.4. The first-order valence-corrected chi connectivity index (χ1v) is 7.19. The molecule has 0 bridgehead atoms. The molecule has 1 aliphatic rings. The van der Waals surface area contributed by atoms with E-state index in [1.165, 1.54) is 0 Å². The standard InChI is InChI=1S/C15H20N4O3/c1-8-10(3)22-15(12(8)6-16)18-14(21)9(2)19-5-4-11(7-19)13(17)20/h9,11H,4-5,7H2,1-3H3,(H2,17,20)(H,18,21). The van der Waals surface area contributed by atoms with E-state index >= 15 is 0 Å². The van der Waals surface area contributed by atoms with Crippen LogP contribution in [0.5, 0.6) is 0 Å². The highest BCUT2D eigenvalue weighted by molar-refractivity contribution is 5.94. The average molecular weight is 304 g/mol. The number of nitriles is 1. The Morgan fingerprint density at radius 2 is 2.18 bits per heavy atom. The number of nitrogens with two attached hydrogens (primary N) is 1. The maximum Gasteiger partial charge on any atom is 0.243 e. The van der Waals surface area contributed by atoms with E-state index in [1.54, 1.807) is 20.8 Å². The number of anilines is 1. The van der Waals surface area contributed by atoms with Crippen LogP contribution in [0.15, 0.2) is 4.42 Å². The van der Waals surface area contributed by atoms with Gasteiger partial charge in [0, 0.05) is 12.1 Å². The number of hydrogen-bond donors (Lipinski definition) is 2. The van der Waals surface area contributed by atoms with Gasteiger partial charge in [-0.2, -0.15) is 5.26 Å². The molecule has 2 atom stereocenters. The number of primary amides is 1. The van der Waals surface area contributed by atoms with Gasteiger partial charge >= 0.3 is 0 Å². The van der Waals surface area contributed by atoms with Gasteiger partial charge in [-0.15, -0.1) is 0 Å². The van der Waals surface area contributed by atoms with Crippen LogP contribution in [0.1, 0.15) is 30.2 Å². The van der Waals surface area contributed by atoms with Gasteiger partial charge in [0.1, 0.15) is 17.4 Å². The van der Waals surface area contributed by atoms with E-state index in [2.05, 4.69) is 5.32 Å². The van der Waals surface area contributed by atoms with Crippen molar-refractivity contribution >= 4 is 17.7 Å². The zero-order valence-corrected chi connectivity index (χ0v) is 13.0. The Morgan fingerprint density at radius 1 is 1.50 bits per heavy atom. The Hall–Kier alpha value is -2.33. The van der Waals surface area contributed by atoms with Crippen LogP contribution in [0, 0.1) is 31.1 Å². The summed E-state index contributed by atoms with van der Waals surface area (Å²) >= 11 is 0. The summed E-state index contributed by atoms with van der Waals surface area (Å²) in [7, 11) is 0. The minimum absolute atomic E-state index is 0.181.